The number of aryl methyl sites for hydroxylation is 2. The first kappa shape index (κ1) is 18.0. The highest BCUT2D eigenvalue weighted by molar-refractivity contribution is 6.06. The van der Waals surface area contributed by atoms with Crippen molar-refractivity contribution in [1.29, 1.82) is 0 Å². The number of rotatable bonds is 2. The molecule has 3 aromatic rings. The molecule has 3 nitrogen and oxygen atoms in total. The van der Waals surface area contributed by atoms with E-state index in [1.54, 1.807) is 0 Å². The molecule has 1 aliphatic rings. The van der Waals surface area contributed by atoms with Gasteiger partial charge < -0.3 is 8.83 Å². The Balaban J connectivity index is 0.000000948. The van der Waals surface area contributed by atoms with Crippen LogP contribution in [-0.2, 0) is 0 Å². The maximum atomic E-state index is 11.8. The Hall–Kier alpha value is -2.81. The van der Waals surface area contributed by atoms with Crippen LogP contribution in [0.5, 0.6) is 0 Å². The van der Waals surface area contributed by atoms with Crippen molar-refractivity contribution in [2.45, 2.75) is 40.5 Å². The number of benzene rings is 1. The van der Waals surface area contributed by atoms with Crippen LogP contribution in [-0.4, -0.2) is 0 Å². The van der Waals surface area contributed by atoms with E-state index < -0.39 is 0 Å². The number of allylic oxidation sites excluding steroid dienone is 5. The fraction of sp³-hybridized carbons (Fsp3) is 0.261. The van der Waals surface area contributed by atoms with Gasteiger partial charge >= 0.3 is 5.63 Å². The predicted molar refractivity (Wildman–Crippen MR) is 109 cm³/mol. The van der Waals surface area contributed by atoms with Crippen molar-refractivity contribution in [3.05, 3.63) is 75.9 Å². The lowest BCUT2D eigenvalue weighted by atomic mass is 9.95. The monoisotopic (exact) mass is 348 g/mol. The second-order valence-corrected chi connectivity index (χ2v) is 6.26. The van der Waals surface area contributed by atoms with E-state index in [1.165, 1.54) is 11.6 Å². The molecule has 0 atom stereocenters. The zero-order valence-corrected chi connectivity index (χ0v) is 15.8. The van der Waals surface area contributed by atoms with Gasteiger partial charge in [0.25, 0.3) is 0 Å². The summed E-state index contributed by atoms with van der Waals surface area (Å²) in [5.41, 5.74) is 4.92. The van der Waals surface area contributed by atoms with Gasteiger partial charge in [-0.25, -0.2) is 4.79 Å². The van der Waals surface area contributed by atoms with Gasteiger partial charge in [0.15, 0.2) is 0 Å². The Kier molecular flexibility index (Phi) is 4.99. The predicted octanol–water partition coefficient (Wildman–Crippen LogP) is 6.47. The highest BCUT2D eigenvalue weighted by Gasteiger charge is 2.19. The van der Waals surface area contributed by atoms with Crippen molar-refractivity contribution in [1.82, 2.24) is 0 Å². The fourth-order valence-electron chi connectivity index (χ4n) is 3.39. The molecule has 0 bridgehead atoms. The molecule has 2 aromatic heterocycles. The van der Waals surface area contributed by atoms with Crippen LogP contribution in [0.1, 0.15) is 43.6 Å². The average Bonchev–Trinajstić information content (AvgIpc) is 3.00. The maximum Gasteiger partial charge on any atom is 0.336 e. The molecule has 0 saturated heterocycles. The summed E-state index contributed by atoms with van der Waals surface area (Å²) in [6.07, 6.45) is 8.26. The summed E-state index contributed by atoms with van der Waals surface area (Å²) in [6.45, 7) is 12.1. The van der Waals surface area contributed by atoms with Crippen molar-refractivity contribution >= 4 is 27.5 Å². The van der Waals surface area contributed by atoms with E-state index in [-0.39, 0.29) is 5.63 Å². The molecule has 0 amide bonds. The van der Waals surface area contributed by atoms with Crippen molar-refractivity contribution in [2.75, 3.05) is 0 Å². The number of hydrogen-bond donors (Lipinski definition) is 0. The number of fused-ring (bicyclic) bond motifs is 3. The van der Waals surface area contributed by atoms with Gasteiger partial charge in [0.05, 0.1) is 5.39 Å². The molecule has 0 saturated carbocycles. The lowest BCUT2D eigenvalue weighted by Gasteiger charge is -2.10. The molecule has 0 unspecified atom stereocenters. The van der Waals surface area contributed by atoms with Crippen LogP contribution in [0.15, 0.2) is 62.2 Å². The van der Waals surface area contributed by atoms with Crippen LogP contribution in [0.2, 0.25) is 0 Å². The standard InChI is InChI=1S/C21H18O3.C2H6/c1-12-11-18(22)24-21-16(12)9-10-17-19(21)14(3)20(23-17)13(2)15-7-5-4-6-8-15;1-2/h4-5,7,9-11H,2,6,8H2,1,3H3;1-2H3. The van der Waals surface area contributed by atoms with E-state index in [0.29, 0.717) is 5.58 Å². The minimum atomic E-state index is -0.339. The van der Waals surface area contributed by atoms with Crippen molar-refractivity contribution in [2.24, 2.45) is 0 Å². The van der Waals surface area contributed by atoms with E-state index in [9.17, 15) is 4.79 Å². The summed E-state index contributed by atoms with van der Waals surface area (Å²) in [7, 11) is 0. The molecule has 134 valence electrons. The fourth-order valence-corrected chi connectivity index (χ4v) is 3.39. The molecular formula is C23H24O3. The molecule has 3 heteroatoms. The summed E-state index contributed by atoms with van der Waals surface area (Å²) in [6, 6.07) is 5.39. The van der Waals surface area contributed by atoms with Gasteiger partial charge in [-0.1, -0.05) is 38.7 Å². The quantitative estimate of drug-likeness (QED) is 0.498. The number of hydrogen-bond acceptors (Lipinski definition) is 3. The van der Waals surface area contributed by atoms with E-state index in [1.807, 2.05) is 39.8 Å². The Labute approximate surface area is 153 Å². The minimum Gasteiger partial charge on any atom is -0.456 e. The zero-order valence-electron chi connectivity index (χ0n) is 15.8. The third-order valence-electron chi connectivity index (χ3n) is 4.68. The Morgan fingerprint density at radius 3 is 2.62 bits per heavy atom. The van der Waals surface area contributed by atoms with Crippen molar-refractivity contribution in [3.8, 4) is 0 Å². The van der Waals surface area contributed by atoms with Gasteiger partial charge in [0, 0.05) is 22.6 Å². The first-order chi connectivity index (χ1) is 12.6. The molecule has 26 heavy (non-hydrogen) atoms. The van der Waals surface area contributed by atoms with Crippen LogP contribution in [0, 0.1) is 13.8 Å². The Morgan fingerprint density at radius 1 is 1.15 bits per heavy atom. The summed E-state index contributed by atoms with van der Waals surface area (Å²) in [5.74, 6) is 0.767. The van der Waals surface area contributed by atoms with E-state index in [2.05, 4.69) is 24.8 Å². The molecule has 0 spiro atoms. The zero-order chi connectivity index (χ0) is 18.8. The maximum absolute atomic E-state index is 11.8. The van der Waals surface area contributed by atoms with E-state index >= 15 is 0 Å². The van der Waals surface area contributed by atoms with E-state index in [0.717, 1.165) is 51.7 Å². The van der Waals surface area contributed by atoms with Gasteiger partial charge in [-0.15, -0.1) is 0 Å². The van der Waals surface area contributed by atoms with Crippen LogP contribution < -0.4 is 5.63 Å². The van der Waals surface area contributed by atoms with Gasteiger partial charge in [-0.05, 0) is 50.0 Å². The largest absolute Gasteiger partial charge is 0.456 e. The van der Waals surface area contributed by atoms with E-state index in [4.69, 9.17) is 8.83 Å². The number of furan rings is 1. The third kappa shape index (κ3) is 2.94. The SMILES string of the molecule is C=C(C1=CC=CCC1)c1oc2ccc3c(C)cc(=O)oc3c2c1C.CC. The molecule has 4 rings (SSSR count). The highest BCUT2D eigenvalue weighted by Crippen LogP contribution is 2.38. The average molecular weight is 348 g/mol. The van der Waals surface area contributed by atoms with Gasteiger partial charge in [0.1, 0.15) is 16.9 Å². The molecule has 1 aromatic carbocycles. The van der Waals surface area contributed by atoms with Crippen LogP contribution >= 0.6 is 0 Å². The van der Waals surface area contributed by atoms with Gasteiger partial charge in [-0.3, -0.25) is 0 Å². The topological polar surface area (TPSA) is 43.4 Å². The third-order valence-corrected chi connectivity index (χ3v) is 4.68. The van der Waals surface area contributed by atoms with Crippen LogP contribution in [0.3, 0.4) is 0 Å². The van der Waals surface area contributed by atoms with Crippen LogP contribution in [0.25, 0.3) is 27.5 Å². The van der Waals surface area contributed by atoms with Crippen molar-refractivity contribution < 1.29 is 8.83 Å². The van der Waals surface area contributed by atoms with Gasteiger partial charge in [0.2, 0.25) is 0 Å². The highest BCUT2D eigenvalue weighted by atomic mass is 16.4. The molecular weight excluding hydrogens is 324 g/mol. The van der Waals surface area contributed by atoms with Crippen molar-refractivity contribution in [3.63, 3.8) is 0 Å². The molecule has 1 aliphatic carbocycles. The lowest BCUT2D eigenvalue weighted by molar-refractivity contribution is 0.562. The minimum absolute atomic E-state index is 0.339. The molecule has 0 aliphatic heterocycles. The summed E-state index contributed by atoms with van der Waals surface area (Å²) < 4.78 is 11.6. The molecule has 0 N–H and O–H groups in total. The second kappa shape index (κ2) is 7.20. The molecule has 2 heterocycles. The lowest BCUT2D eigenvalue weighted by Crippen LogP contribution is -1.98. The molecule has 0 radical (unpaired) electrons. The Bertz CT molecular complexity index is 1100. The van der Waals surface area contributed by atoms with Gasteiger partial charge in [-0.2, -0.15) is 0 Å². The molecule has 0 fully saturated rings. The summed E-state index contributed by atoms with van der Waals surface area (Å²) >= 11 is 0. The normalized spacial score (nSPS) is 13.5. The first-order valence-electron chi connectivity index (χ1n) is 9.08. The smallest absolute Gasteiger partial charge is 0.336 e. The van der Waals surface area contributed by atoms with Crippen LogP contribution in [0.4, 0.5) is 0 Å². The summed E-state index contributed by atoms with van der Waals surface area (Å²) in [4.78, 5) is 11.8. The summed E-state index contributed by atoms with van der Waals surface area (Å²) in [5, 5.41) is 1.79. The second-order valence-electron chi connectivity index (χ2n) is 6.26. The first-order valence-corrected chi connectivity index (χ1v) is 9.08. The Morgan fingerprint density at radius 2 is 1.92 bits per heavy atom.